The van der Waals surface area contributed by atoms with E-state index in [0.717, 1.165) is 23.3 Å². The second-order valence-corrected chi connectivity index (χ2v) is 31.9. The Bertz CT molecular complexity index is 1760. The monoisotopic (exact) mass is 870 g/mol. The van der Waals surface area contributed by atoms with E-state index in [9.17, 15) is 0 Å². The van der Waals surface area contributed by atoms with E-state index >= 15 is 0 Å². The minimum atomic E-state index is -3.16. The van der Waals surface area contributed by atoms with Crippen LogP contribution >= 0.6 is 0 Å². The number of ether oxygens (including phenoxy) is 2. The van der Waals surface area contributed by atoms with Crippen molar-refractivity contribution in [2.24, 2.45) is 11.8 Å². The minimum Gasteiger partial charge on any atom is -1.00 e. The first-order valence-electron chi connectivity index (χ1n) is 18.7. The zero-order valence-electron chi connectivity index (χ0n) is 29.4. The van der Waals surface area contributed by atoms with Crippen molar-refractivity contribution >= 4 is 12.2 Å². The molecule has 5 heteroatoms. The maximum absolute atomic E-state index is 5.54. The van der Waals surface area contributed by atoms with E-state index in [0.29, 0.717) is 7.35 Å². The van der Waals surface area contributed by atoms with Crippen LogP contribution in [0.3, 0.4) is 0 Å². The fraction of sp³-hybridized carbons (Fsp3) is 0.378. The van der Waals surface area contributed by atoms with Gasteiger partial charge in [0.05, 0.1) is 0 Å². The molecule has 2 unspecified atom stereocenters. The molecule has 3 fully saturated rings. The summed E-state index contributed by atoms with van der Waals surface area (Å²) in [6, 6.07) is 32.2. The first-order chi connectivity index (χ1) is 23.7. The summed E-state index contributed by atoms with van der Waals surface area (Å²) in [4.78, 5) is 0. The quantitative estimate of drug-likeness (QED) is 0.191. The van der Waals surface area contributed by atoms with Crippen LogP contribution < -0.4 is 34.3 Å². The topological polar surface area (TPSA) is 18.5 Å². The molecule has 0 radical (unpaired) electrons. The van der Waals surface area contributed by atoms with Gasteiger partial charge in [0, 0.05) is 0 Å². The summed E-state index contributed by atoms with van der Waals surface area (Å²) in [5.74, 6) is 3.37. The maximum Gasteiger partial charge on any atom is -1.00 e. The predicted molar refractivity (Wildman–Crippen MR) is 196 cm³/mol. The Labute approximate surface area is 315 Å². The first-order valence-corrected chi connectivity index (χ1v) is 27.9. The molecule has 2 atom stereocenters. The Hall–Kier alpha value is -2.59. The second-order valence-electron chi connectivity index (χ2n) is 15.3. The number of methoxy groups -OCH3 is 2. The van der Waals surface area contributed by atoms with Gasteiger partial charge in [-0.2, -0.15) is 0 Å². The van der Waals surface area contributed by atoms with Gasteiger partial charge in [-0.1, -0.05) is 0 Å². The number of fused-ring (bicyclic) bond motifs is 2. The molecule has 2 saturated carbocycles. The van der Waals surface area contributed by atoms with Crippen molar-refractivity contribution in [1.82, 2.24) is 0 Å². The third-order valence-electron chi connectivity index (χ3n) is 13.1. The molecule has 0 aromatic heterocycles. The molecular weight excluding hydrogens is 822 g/mol. The summed E-state index contributed by atoms with van der Waals surface area (Å²) >= 11 is -3.16. The van der Waals surface area contributed by atoms with Crippen molar-refractivity contribution < 1.29 is 54.3 Å². The number of rotatable bonds is 8. The van der Waals surface area contributed by atoms with Crippen molar-refractivity contribution in [2.75, 3.05) is 14.2 Å². The van der Waals surface area contributed by atoms with E-state index in [-0.39, 0.29) is 24.8 Å². The van der Waals surface area contributed by atoms with E-state index in [1.807, 2.05) is 11.1 Å². The van der Waals surface area contributed by atoms with Crippen molar-refractivity contribution in [3.05, 3.63) is 118 Å². The summed E-state index contributed by atoms with van der Waals surface area (Å²) in [6.45, 7) is 0. The van der Waals surface area contributed by atoms with Gasteiger partial charge in [0.15, 0.2) is 0 Å². The largest absolute Gasteiger partial charge is 1.00 e. The average molecular weight is 870 g/mol. The van der Waals surface area contributed by atoms with Crippen molar-refractivity contribution in [2.45, 2.75) is 73.5 Å². The Kier molecular flexibility index (Phi) is 10.6. The van der Waals surface area contributed by atoms with Crippen molar-refractivity contribution in [3.63, 3.8) is 0 Å². The summed E-state index contributed by atoms with van der Waals surface area (Å²) in [7, 11) is 3.52. The van der Waals surface area contributed by atoms with Crippen LogP contribution in [0.1, 0.15) is 87.4 Å². The summed E-state index contributed by atoms with van der Waals surface area (Å²) in [6.07, 6.45) is 18.0. The van der Waals surface area contributed by atoms with Gasteiger partial charge in [-0.05, 0) is 0 Å². The molecule has 50 heavy (non-hydrogen) atoms. The fourth-order valence-corrected chi connectivity index (χ4v) is 33.6. The molecule has 4 aliphatic carbocycles. The summed E-state index contributed by atoms with van der Waals surface area (Å²) in [5.41, 5.74) is 15.6. The van der Waals surface area contributed by atoms with Gasteiger partial charge in [-0.15, -0.1) is 0 Å². The molecule has 0 N–H and O–H groups in total. The first kappa shape index (κ1) is 35.8. The van der Waals surface area contributed by atoms with Gasteiger partial charge in [0.2, 0.25) is 0 Å². The van der Waals surface area contributed by atoms with Gasteiger partial charge in [0.25, 0.3) is 0 Å². The smallest absolute Gasteiger partial charge is 1.00 e. The van der Waals surface area contributed by atoms with Crippen molar-refractivity contribution in [3.8, 4) is 33.8 Å². The van der Waals surface area contributed by atoms with E-state index in [2.05, 4.69) is 97.1 Å². The molecule has 0 bridgehead atoms. The zero-order chi connectivity index (χ0) is 32.2. The van der Waals surface area contributed by atoms with Crippen LogP contribution in [0.25, 0.3) is 34.4 Å². The van der Waals surface area contributed by atoms with Gasteiger partial charge in [-0.25, -0.2) is 0 Å². The van der Waals surface area contributed by atoms with E-state index in [1.54, 1.807) is 25.3 Å². The standard InChI is InChI=1S/2C21H21O.C3H6.2ClH.Hf/c2*1-22-19-11-9-16(10-12-19)20-8-4-7-17-13-18(14-21(17)20)15-5-2-3-6-15;1-3-2;;;/h2*4,7-15H,2-3,5-6H2,1H3;1-3H2;2*1H;/q;;;;;+2/p-2. The minimum absolute atomic E-state index is 0. The molecule has 258 valence electrons. The SMILES string of the molecule is COc1ccc(-c2cccc3c2C=C(C2CCCC2)[CH]3[Hf+2]2([CH]3C(C4CCCC4)=Cc4c(-c5ccc(OC)cc5)cccc43)[CH2]C[CH2]2)cc1.[Cl-].[Cl-]. The normalized spacial score (nSPS) is 21.4. The third-order valence-corrected chi connectivity index (χ3v) is 35.2. The van der Waals surface area contributed by atoms with Crippen LogP contribution in [-0.4, -0.2) is 14.2 Å². The molecule has 4 aromatic rings. The van der Waals surface area contributed by atoms with Gasteiger partial charge in [0.1, 0.15) is 0 Å². The molecule has 2 nitrogen and oxygen atoms in total. The van der Waals surface area contributed by atoms with Crippen LogP contribution in [0.2, 0.25) is 8.35 Å². The van der Waals surface area contributed by atoms with Crippen LogP contribution in [-0.2, 0) is 20.0 Å². The van der Waals surface area contributed by atoms with Crippen LogP contribution in [0.15, 0.2) is 96.1 Å². The summed E-state index contributed by atoms with van der Waals surface area (Å²) < 4.78 is 15.6. The van der Waals surface area contributed by atoms with E-state index in [4.69, 9.17) is 9.47 Å². The average Bonchev–Trinajstić information content (AvgIpc) is 3.95. The fourth-order valence-electron chi connectivity index (χ4n) is 10.7. The molecule has 1 aliphatic heterocycles. The Morgan fingerprint density at radius 3 is 1.24 bits per heavy atom. The Morgan fingerprint density at radius 1 is 0.500 bits per heavy atom. The van der Waals surface area contributed by atoms with E-state index < -0.39 is 20.0 Å². The number of allylic oxidation sites excluding steroid dienone is 2. The van der Waals surface area contributed by atoms with Crippen LogP contribution in [0.5, 0.6) is 11.5 Å². The molecule has 1 saturated heterocycles. The van der Waals surface area contributed by atoms with Gasteiger partial charge >= 0.3 is 293 Å². The van der Waals surface area contributed by atoms with Gasteiger partial charge in [-0.3, -0.25) is 0 Å². The molecular formula is C45H48Cl2HfO2. The molecule has 5 aliphatic rings. The number of hydrogen-bond acceptors (Lipinski definition) is 2. The molecule has 4 aromatic carbocycles. The predicted octanol–water partition coefficient (Wildman–Crippen LogP) is 6.40. The third kappa shape index (κ3) is 5.88. The summed E-state index contributed by atoms with van der Waals surface area (Å²) in [5, 5.41) is 0. The molecule has 0 spiro atoms. The van der Waals surface area contributed by atoms with Crippen molar-refractivity contribution in [1.29, 1.82) is 0 Å². The second kappa shape index (κ2) is 14.8. The van der Waals surface area contributed by atoms with E-state index in [1.165, 1.54) is 99.5 Å². The van der Waals surface area contributed by atoms with Crippen LogP contribution in [0.4, 0.5) is 0 Å². The molecule has 0 amide bonds. The molecule has 1 heterocycles. The van der Waals surface area contributed by atoms with Crippen LogP contribution in [0, 0.1) is 11.8 Å². The molecule has 9 rings (SSSR count). The Balaban J connectivity index is 0.00000196. The number of hydrogen-bond donors (Lipinski definition) is 0. The zero-order valence-corrected chi connectivity index (χ0v) is 34.5. The number of benzene rings is 4. The Morgan fingerprint density at radius 2 is 0.900 bits per heavy atom. The van der Waals surface area contributed by atoms with Gasteiger partial charge < -0.3 is 24.8 Å². The maximum atomic E-state index is 5.54. The number of halogens is 2.